The summed E-state index contributed by atoms with van der Waals surface area (Å²) in [7, 11) is 3.56. The van der Waals surface area contributed by atoms with Gasteiger partial charge in [0, 0.05) is 26.3 Å². The summed E-state index contributed by atoms with van der Waals surface area (Å²) in [4.78, 5) is 17.8. The number of pyridine rings is 1. The Hall–Kier alpha value is -1.29. The summed E-state index contributed by atoms with van der Waals surface area (Å²) in [6.45, 7) is 0. The van der Waals surface area contributed by atoms with Gasteiger partial charge in [0.1, 0.15) is 5.82 Å². The van der Waals surface area contributed by atoms with Crippen molar-refractivity contribution in [3.63, 3.8) is 0 Å². The zero-order valence-electron chi connectivity index (χ0n) is 9.33. The number of hydrogen-bond donors (Lipinski definition) is 1. The summed E-state index contributed by atoms with van der Waals surface area (Å²) >= 11 is 5.98. The minimum atomic E-state index is -0.0143. The molecule has 0 spiro atoms. The average molecular weight is 240 g/mol. The number of carbonyl (C=O) groups is 1. The first-order valence-corrected chi connectivity index (χ1v) is 5.61. The Morgan fingerprint density at radius 3 is 2.81 bits per heavy atom. The van der Waals surface area contributed by atoms with Crippen molar-refractivity contribution in [3.8, 4) is 0 Å². The van der Waals surface area contributed by atoms with Gasteiger partial charge in [-0.3, -0.25) is 4.79 Å². The minimum Gasteiger partial charge on any atom is -0.372 e. The van der Waals surface area contributed by atoms with Gasteiger partial charge in [0.15, 0.2) is 0 Å². The van der Waals surface area contributed by atoms with Crippen molar-refractivity contribution in [2.45, 2.75) is 18.9 Å². The fourth-order valence-electron chi connectivity index (χ4n) is 1.57. The minimum absolute atomic E-state index is 0.0143. The van der Waals surface area contributed by atoms with E-state index in [0.29, 0.717) is 22.4 Å². The van der Waals surface area contributed by atoms with Gasteiger partial charge in [0.2, 0.25) is 0 Å². The molecule has 2 rings (SSSR count). The molecule has 1 aliphatic rings. The van der Waals surface area contributed by atoms with Crippen molar-refractivity contribution in [1.82, 2.24) is 9.88 Å². The lowest BCUT2D eigenvalue weighted by Gasteiger charge is -2.16. The van der Waals surface area contributed by atoms with Crippen LogP contribution >= 0.6 is 11.6 Å². The van der Waals surface area contributed by atoms with Crippen LogP contribution in [0.15, 0.2) is 12.3 Å². The van der Waals surface area contributed by atoms with Crippen LogP contribution in [0.5, 0.6) is 0 Å². The molecule has 0 aliphatic heterocycles. The van der Waals surface area contributed by atoms with Crippen LogP contribution in [0.4, 0.5) is 5.82 Å². The number of carbonyl (C=O) groups excluding carboxylic acids is 1. The van der Waals surface area contributed by atoms with Gasteiger partial charge in [-0.2, -0.15) is 0 Å². The Bertz CT molecular complexity index is 418. The Labute approximate surface area is 99.6 Å². The van der Waals surface area contributed by atoms with Gasteiger partial charge in [0.25, 0.3) is 5.91 Å². The molecule has 1 aromatic heterocycles. The van der Waals surface area contributed by atoms with E-state index < -0.39 is 0 Å². The van der Waals surface area contributed by atoms with E-state index in [-0.39, 0.29) is 5.91 Å². The molecule has 86 valence electrons. The monoisotopic (exact) mass is 239 g/mol. The molecule has 0 unspecified atom stereocenters. The summed E-state index contributed by atoms with van der Waals surface area (Å²) in [5.74, 6) is 0.576. The summed E-state index contributed by atoms with van der Waals surface area (Å²) in [5, 5.41) is 3.33. The van der Waals surface area contributed by atoms with Crippen molar-refractivity contribution in [1.29, 1.82) is 0 Å². The topological polar surface area (TPSA) is 45.2 Å². The zero-order valence-corrected chi connectivity index (χ0v) is 10.1. The van der Waals surface area contributed by atoms with Crippen molar-refractivity contribution >= 4 is 23.3 Å². The van der Waals surface area contributed by atoms with Crippen LogP contribution in [-0.2, 0) is 0 Å². The highest BCUT2D eigenvalue weighted by atomic mass is 35.5. The second-order valence-electron chi connectivity index (χ2n) is 3.95. The highest BCUT2D eigenvalue weighted by Crippen LogP contribution is 2.27. The average Bonchev–Trinajstić information content (AvgIpc) is 3.11. The second-order valence-corrected chi connectivity index (χ2v) is 4.36. The van der Waals surface area contributed by atoms with Gasteiger partial charge in [-0.15, -0.1) is 0 Å². The van der Waals surface area contributed by atoms with E-state index in [9.17, 15) is 4.79 Å². The van der Waals surface area contributed by atoms with E-state index in [0.717, 1.165) is 12.8 Å². The predicted octanol–water partition coefficient (Wildman–Crippen LogP) is 2.01. The maximum absolute atomic E-state index is 12.0. The smallest absolute Gasteiger partial charge is 0.255 e. The maximum Gasteiger partial charge on any atom is 0.255 e. The quantitative estimate of drug-likeness (QED) is 0.878. The normalized spacial score (nSPS) is 14.7. The largest absolute Gasteiger partial charge is 0.372 e. The van der Waals surface area contributed by atoms with E-state index in [1.54, 1.807) is 24.2 Å². The van der Waals surface area contributed by atoms with E-state index in [1.165, 1.54) is 0 Å². The highest BCUT2D eigenvalue weighted by molar-refractivity contribution is 6.33. The summed E-state index contributed by atoms with van der Waals surface area (Å²) in [5.41, 5.74) is 0.540. The van der Waals surface area contributed by atoms with Crippen molar-refractivity contribution in [2.24, 2.45) is 0 Å². The maximum atomic E-state index is 12.0. The third kappa shape index (κ3) is 2.11. The summed E-state index contributed by atoms with van der Waals surface area (Å²) in [6.07, 6.45) is 3.74. The molecule has 0 atom stereocenters. The lowest BCUT2D eigenvalue weighted by Crippen LogP contribution is -2.28. The lowest BCUT2D eigenvalue weighted by atomic mass is 10.2. The lowest BCUT2D eigenvalue weighted by molar-refractivity contribution is 0.0784. The molecule has 1 heterocycles. The fourth-order valence-corrected chi connectivity index (χ4v) is 1.83. The van der Waals surface area contributed by atoms with Crippen LogP contribution in [0.2, 0.25) is 5.02 Å². The molecular weight excluding hydrogens is 226 g/mol. The van der Waals surface area contributed by atoms with Gasteiger partial charge in [-0.1, -0.05) is 11.6 Å². The number of anilines is 1. The first kappa shape index (κ1) is 11.2. The van der Waals surface area contributed by atoms with Gasteiger partial charge >= 0.3 is 0 Å². The van der Waals surface area contributed by atoms with E-state index in [1.807, 2.05) is 7.05 Å². The Kier molecular flexibility index (Phi) is 3.01. The van der Waals surface area contributed by atoms with Gasteiger partial charge in [-0.25, -0.2) is 4.98 Å². The van der Waals surface area contributed by atoms with Crippen LogP contribution in [-0.4, -0.2) is 35.9 Å². The van der Waals surface area contributed by atoms with Crippen LogP contribution in [0.25, 0.3) is 0 Å². The molecule has 1 saturated carbocycles. The van der Waals surface area contributed by atoms with Gasteiger partial charge in [0.05, 0.1) is 10.6 Å². The van der Waals surface area contributed by atoms with Gasteiger partial charge in [-0.05, 0) is 18.9 Å². The van der Waals surface area contributed by atoms with Crippen molar-refractivity contribution < 1.29 is 4.79 Å². The van der Waals surface area contributed by atoms with Crippen molar-refractivity contribution in [3.05, 3.63) is 22.8 Å². The third-order valence-electron chi connectivity index (χ3n) is 2.74. The van der Waals surface area contributed by atoms with E-state index in [2.05, 4.69) is 10.3 Å². The molecule has 1 aromatic rings. The van der Waals surface area contributed by atoms with Crippen LogP contribution in [0.3, 0.4) is 0 Å². The number of rotatable bonds is 3. The molecule has 1 aliphatic carbocycles. The first-order valence-electron chi connectivity index (χ1n) is 5.24. The summed E-state index contributed by atoms with van der Waals surface area (Å²) < 4.78 is 0. The number of nitrogens with one attached hydrogen (secondary N) is 1. The fraction of sp³-hybridized carbons (Fsp3) is 0.455. The molecule has 0 saturated heterocycles. The van der Waals surface area contributed by atoms with Crippen LogP contribution < -0.4 is 5.32 Å². The van der Waals surface area contributed by atoms with Crippen LogP contribution in [0.1, 0.15) is 23.2 Å². The predicted molar refractivity (Wildman–Crippen MR) is 63.9 cm³/mol. The van der Waals surface area contributed by atoms with Crippen molar-refractivity contribution in [2.75, 3.05) is 19.4 Å². The summed E-state index contributed by atoms with van der Waals surface area (Å²) in [6, 6.07) is 2.05. The molecule has 5 heteroatoms. The third-order valence-corrected chi connectivity index (χ3v) is 3.03. The Morgan fingerprint density at radius 2 is 2.31 bits per heavy atom. The second kappa shape index (κ2) is 4.29. The van der Waals surface area contributed by atoms with E-state index in [4.69, 9.17) is 11.6 Å². The Balaban J connectivity index is 2.20. The SMILES string of the molecule is CNc1ncc(C(=O)N(C)C2CC2)cc1Cl. The van der Waals surface area contributed by atoms with Gasteiger partial charge < -0.3 is 10.2 Å². The molecule has 1 amide bonds. The first-order chi connectivity index (χ1) is 7.63. The molecule has 0 bridgehead atoms. The molecule has 1 fully saturated rings. The van der Waals surface area contributed by atoms with Crippen LogP contribution in [0, 0.1) is 0 Å². The Morgan fingerprint density at radius 1 is 1.62 bits per heavy atom. The number of aromatic nitrogens is 1. The molecule has 16 heavy (non-hydrogen) atoms. The number of amides is 1. The number of nitrogens with zero attached hydrogens (tertiary/aromatic N) is 2. The molecule has 4 nitrogen and oxygen atoms in total. The number of hydrogen-bond acceptors (Lipinski definition) is 3. The molecular formula is C11H14ClN3O. The van der Waals surface area contributed by atoms with E-state index >= 15 is 0 Å². The standard InChI is InChI=1S/C11H14ClN3O/c1-13-10-9(12)5-7(6-14-10)11(16)15(2)8-3-4-8/h5-6,8H,3-4H2,1-2H3,(H,13,14). The molecule has 0 aromatic carbocycles. The molecule has 1 N–H and O–H groups in total. The number of halogens is 1. The molecule has 0 radical (unpaired) electrons. The highest BCUT2D eigenvalue weighted by Gasteiger charge is 2.30. The zero-order chi connectivity index (χ0) is 11.7.